The molecule has 0 N–H and O–H groups in total. The van der Waals surface area contributed by atoms with Crippen molar-refractivity contribution < 1.29 is 9.47 Å². The minimum Gasteiger partial charge on any atom is -0.383 e. The molecule has 0 amide bonds. The van der Waals surface area contributed by atoms with E-state index in [9.17, 15) is 0 Å². The molecule has 0 spiro atoms. The van der Waals surface area contributed by atoms with Crippen molar-refractivity contribution in [1.29, 1.82) is 0 Å². The quantitative estimate of drug-likeness (QED) is 0.526. The highest BCUT2D eigenvalue weighted by molar-refractivity contribution is 7.94. The number of hydrogen-bond donors (Lipinski definition) is 0. The van der Waals surface area contributed by atoms with Crippen LogP contribution in [-0.2, 0) is 9.47 Å². The zero-order valence-corrected chi connectivity index (χ0v) is 15.8. The first-order valence-electron chi connectivity index (χ1n) is 9.43. The van der Waals surface area contributed by atoms with E-state index in [0.29, 0.717) is 17.7 Å². The van der Waals surface area contributed by atoms with Crippen LogP contribution < -0.4 is 0 Å². The van der Waals surface area contributed by atoms with E-state index in [0.717, 1.165) is 26.3 Å². The Labute approximate surface area is 144 Å². The number of nitrogens with zero attached hydrogens (tertiary/aromatic N) is 2. The van der Waals surface area contributed by atoms with Gasteiger partial charge in [-0.15, -0.1) is 0 Å². The molecule has 0 aromatic carbocycles. The molecule has 0 aromatic heterocycles. The van der Waals surface area contributed by atoms with E-state index >= 15 is 0 Å². The fourth-order valence-electron chi connectivity index (χ4n) is 5.14. The molecule has 1 saturated heterocycles. The molecular weight excluding hydrogens is 306 g/mol. The van der Waals surface area contributed by atoms with Crippen molar-refractivity contribution in [3.63, 3.8) is 0 Å². The second-order valence-electron chi connectivity index (χ2n) is 7.37. The lowest BCUT2D eigenvalue weighted by molar-refractivity contribution is 0.136. The largest absolute Gasteiger partial charge is 0.409 e. The minimum atomic E-state index is -1.75. The molecule has 1 heterocycles. The average Bonchev–Trinajstić information content (AvgIpc) is 3.18. The number of rotatable bonds is 7. The lowest BCUT2D eigenvalue weighted by atomic mass is 9.90. The SMILES string of the molecule is [B][P+]1(C2CCCC2)N(CCOC)C2CCCCC2N1CCOC. The summed E-state index contributed by atoms with van der Waals surface area (Å²) in [5.41, 5.74) is 0.696. The van der Waals surface area contributed by atoms with Crippen molar-refractivity contribution in [1.82, 2.24) is 9.34 Å². The fourth-order valence-corrected chi connectivity index (χ4v) is 9.69. The third kappa shape index (κ3) is 3.37. The molecule has 2 radical (unpaired) electrons. The van der Waals surface area contributed by atoms with Gasteiger partial charge in [0.15, 0.2) is 0 Å². The maximum atomic E-state index is 7.35. The summed E-state index contributed by atoms with van der Waals surface area (Å²) < 4.78 is 16.3. The zero-order valence-electron chi connectivity index (χ0n) is 15.0. The molecule has 130 valence electrons. The molecule has 2 atom stereocenters. The molecule has 2 unspecified atom stereocenters. The van der Waals surface area contributed by atoms with E-state index < -0.39 is 7.44 Å². The molecule has 6 heteroatoms. The fraction of sp³-hybridized carbons (Fsp3) is 1.00. The number of hydrogen-bond acceptors (Lipinski definition) is 4. The summed E-state index contributed by atoms with van der Waals surface area (Å²) in [6.07, 6.45) is 10.7. The van der Waals surface area contributed by atoms with Crippen molar-refractivity contribution in [2.75, 3.05) is 40.5 Å². The van der Waals surface area contributed by atoms with Gasteiger partial charge in [0.1, 0.15) is 7.44 Å². The van der Waals surface area contributed by atoms with Crippen LogP contribution >= 0.6 is 7.44 Å². The molecule has 1 aliphatic heterocycles. The smallest absolute Gasteiger partial charge is 0.383 e. The van der Waals surface area contributed by atoms with Crippen molar-refractivity contribution in [2.24, 2.45) is 0 Å². The van der Waals surface area contributed by atoms with Gasteiger partial charge in [0.05, 0.1) is 44.0 Å². The van der Waals surface area contributed by atoms with Crippen LogP contribution in [0.25, 0.3) is 0 Å². The maximum Gasteiger partial charge on any atom is 0.409 e. The Kier molecular flexibility index (Phi) is 6.42. The van der Waals surface area contributed by atoms with Crippen molar-refractivity contribution in [3.05, 3.63) is 0 Å². The van der Waals surface area contributed by atoms with Crippen LogP contribution in [0.15, 0.2) is 0 Å². The van der Waals surface area contributed by atoms with Crippen molar-refractivity contribution in [2.45, 2.75) is 69.1 Å². The van der Waals surface area contributed by atoms with Crippen LogP contribution in [0.1, 0.15) is 51.4 Å². The predicted molar refractivity (Wildman–Crippen MR) is 98.1 cm³/mol. The molecule has 3 fully saturated rings. The van der Waals surface area contributed by atoms with E-state index in [1.54, 1.807) is 0 Å². The Morgan fingerprint density at radius 1 is 0.826 bits per heavy atom. The van der Waals surface area contributed by atoms with E-state index in [1.807, 2.05) is 14.2 Å². The van der Waals surface area contributed by atoms with Gasteiger partial charge in [0.2, 0.25) is 0 Å². The first-order valence-corrected chi connectivity index (χ1v) is 11.3. The molecule has 0 bridgehead atoms. The summed E-state index contributed by atoms with van der Waals surface area (Å²) >= 11 is 0. The molecular formula is C17H33BN2O2P+. The number of fused-ring (bicyclic) bond motifs is 1. The third-order valence-electron chi connectivity index (χ3n) is 6.19. The average molecular weight is 339 g/mol. The number of ether oxygens (including phenoxy) is 2. The standard InChI is InChI=1S/C17H33BN2O2P/c1-21-13-11-19-16-9-5-6-10-17(16)20(12-14-22-2)23(19,18)15-7-3-4-8-15/h15-17H,3-14H2,1-2H3/q+1. The normalized spacial score (nSPS) is 36.6. The third-order valence-corrected chi connectivity index (χ3v) is 10.4. The Morgan fingerprint density at radius 3 is 1.70 bits per heavy atom. The lowest BCUT2D eigenvalue weighted by Gasteiger charge is -2.39. The van der Waals surface area contributed by atoms with Crippen molar-refractivity contribution in [3.8, 4) is 0 Å². The van der Waals surface area contributed by atoms with E-state index in [4.69, 9.17) is 17.0 Å². The summed E-state index contributed by atoms with van der Waals surface area (Å²) in [6.45, 7) is 3.60. The van der Waals surface area contributed by atoms with Gasteiger partial charge < -0.3 is 9.47 Å². The Morgan fingerprint density at radius 2 is 1.26 bits per heavy atom. The molecule has 0 aromatic rings. The molecule has 3 rings (SSSR count). The van der Waals surface area contributed by atoms with Gasteiger partial charge in [-0.3, -0.25) is 0 Å². The minimum absolute atomic E-state index is 0.648. The van der Waals surface area contributed by atoms with Gasteiger partial charge in [0, 0.05) is 14.2 Å². The Balaban J connectivity index is 1.89. The molecule has 23 heavy (non-hydrogen) atoms. The highest BCUT2D eigenvalue weighted by Crippen LogP contribution is 2.74. The topological polar surface area (TPSA) is 24.9 Å². The highest BCUT2D eigenvalue weighted by Gasteiger charge is 2.64. The zero-order chi connectivity index (χ0) is 16.3. The molecule has 2 aliphatic carbocycles. The van der Waals surface area contributed by atoms with E-state index in [1.165, 1.54) is 51.4 Å². The number of methoxy groups -OCH3 is 2. The monoisotopic (exact) mass is 339 g/mol. The maximum absolute atomic E-state index is 7.35. The summed E-state index contributed by atoms with van der Waals surface area (Å²) in [4.78, 5) is 0. The Hall–Kier alpha value is 0.335. The van der Waals surface area contributed by atoms with Gasteiger partial charge in [-0.05, 0) is 38.5 Å². The Bertz CT molecular complexity index is 358. The molecule has 4 nitrogen and oxygen atoms in total. The van der Waals surface area contributed by atoms with E-state index in [2.05, 4.69) is 9.34 Å². The predicted octanol–water partition coefficient (Wildman–Crippen LogP) is 3.08. The van der Waals surface area contributed by atoms with Crippen molar-refractivity contribution >= 4 is 15.0 Å². The molecule has 2 saturated carbocycles. The van der Waals surface area contributed by atoms with Gasteiger partial charge in [-0.25, -0.2) is 0 Å². The van der Waals surface area contributed by atoms with E-state index in [-0.39, 0.29) is 0 Å². The van der Waals surface area contributed by atoms with Crippen LogP contribution in [0.4, 0.5) is 0 Å². The summed E-state index contributed by atoms with van der Waals surface area (Å²) in [7, 11) is 9.22. The first-order chi connectivity index (χ1) is 11.2. The summed E-state index contributed by atoms with van der Waals surface area (Å²) in [5.74, 6) is 0. The van der Waals surface area contributed by atoms with Crippen LogP contribution in [0.5, 0.6) is 0 Å². The van der Waals surface area contributed by atoms with Crippen LogP contribution in [-0.4, -0.2) is 75.2 Å². The van der Waals surface area contributed by atoms with Crippen LogP contribution in [0, 0.1) is 0 Å². The van der Waals surface area contributed by atoms with Gasteiger partial charge in [-0.2, -0.15) is 9.34 Å². The first kappa shape index (κ1) is 18.1. The van der Waals surface area contributed by atoms with Gasteiger partial charge in [0.25, 0.3) is 0 Å². The lowest BCUT2D eigenvalue weighted by Crippen LogP contribution is -2.41. The highest BCUT2D eigenvalue weighted by atomic mass is 31.2. The van der Waals surface area contributed by atoms with Crippen LogP contribution in [0.2, 0.25) is 0 Å². The van der Waals surface area contributed by atoms with Gasteiger partial charge in [-0.1, -0.05) is 12.8 Å². The van der Waals surface area contributed by atoms with Crippen LogP contribution in [0.3, 0.4) is 0 Å². The second kappa shape index (κ2) is 8.14. The summed E-state index contributed by atoms with van der Waals surface area (Å²) in [6, 6.07) is 1.30. The van der Waals surface area contributed by atoms with Gasteiger partial charge >= 0.3 is 7.57 Å². The molecule has 3 aliphatic rings. The second-order valence-corrected chi connectivity index (χ2v) is 10.5. The summed E-state index contributed by atoms with van der Waals surface area (Å²) in [5, 5.41) is 0.